The van der Waals surface area contributed by atoms with Crippen LogP contribution in [0.5, 0.6) is 0 Å². The van der Waals surface area contributed by atoms with Crippen molar-refractivity contribution in [1.82, 2.24) is 0 Å². The van der Waals surface area contributed by atoms with Gasteiger partial charge in [-0.2, -0.15) is 0 Å². The van der Waals surface area contributed by atoms with Crippen LogP contribution < -0.4 is 0 Å². The Hall–Kier alpha value is 0. The van der Waals surface area contributed by atoms with Gasteiger partial charge in [0.05, 0.1) is 0 Å². The molecule has 0 bridgehead atoms. The van der Waals surface area contributed by atoms with Gasteiger partial charge in [0.1, 0.15) is 0 Å². The van der Waals surface area contributed by atoms with Crippen molar-refractivity contribution in [2.75, 3.05) is 0 Å². The van der Waals surface area contributed by atoms with Crippen molar-refractivity contribution in [1.29, 1.82) is 0 Å². The standard InChI is InChI=1S/C18H36.C2H6/c1-13(2)9-8-10-15(5)17-11-12-18(7,14(3)4)16(17)6;1-2/h13-17H,8-12H2,1-7H3;1-2H3. The van der Waals surface area contributed by atoms with Crippen LogP contribution in [-0.2, 0) is 0 Å². The molecule has 0 heterocycles. The highest BCUT2D eigenvalue weighted by Gasteiger charge is 2.45. The predicted octanol–water partition coefficient (Wildman–Crippen LogP) is 7.18. The van der Waals surface area contributed by atoms with Crippen molar-refractivity contribution in [3.05, 3.63) is 0 Å². The molecule has 20 heavy (non-hydrogen) atoms. The third-order valence-corrected chi connectivity index (χ3v) is 6.19. The van der Waals surface area contributed by atoms with E-state index < -0.39 is 0 Å². The first-order chi connectivity index (χ1) is 9.29. The lowest BCUT2D eigenvalue weighted by molar-refractivity contribution is 0.119. The quantitative estimate of drug-likeness (QED) is 0.484. The first kappa shape index (κ1) is 20.0. The molecule has 122 valence electrons. The van der Waals surface area contributed by atoms with Gasteiger partial charge >= 0.3 is 0 Å². The van der Waals surface area contributed by atoms with Crippen LogP contribution in [0, 0.1) is 35.0 Å². The highest BCUT2D eigenvalue weighted by molar-refractivity contribution is 4.94. The highest BCUT2D eigenvalue weighted by Crippen LogP contribution is 2.53. The zero-order chi connectivity index (χ0) is 15.9. The first-order valence-electron chi connectivity index (χ1n) is 9.29. The van der Waals surface area contributed by atoms with E-state index in [2.05, 4.69) is 48.5 Å². The van der Waals surface area contributed by atoms with E-state index >= 15 is 0 Å². The Kier molecular flexibility index (Phi) is 9.11. The fourth-order valence-electron chi connectivity index (χ4n) is 4.10. The Morgan fingerprint density at radius 2 is 1.55 bits per heavy atom. The highest BCUT2D eigenvalue weighted by atomic mass is 14.5. The van der Waals surface area contributed by atoms with Gasteiger partial charge in [-0.1, -0.05) is 81.6 Å². The third kappa shape index (κ3) is 5.08. The molecule has 4 unspecified atom stereocenters. The van der Waals surface area contributed by atoms with E-state index in [1.807, 2.05) is 13.8 Å². The zero-order valence-electron chi connectivity index (χ0n) is 15.9. The van der Waals surface area contributed by atoms with E-state index in [9.17, 15) is 0 Å². The van der Waals surface area contributed by atoms with E-state index in [4.69, 9.17) is 0 Å². The molecule has 0 spiro atoms. The lowest BCUT2D eigenvalue weighted by atomic mass is 9.68. The number of rotatable bonds is 6. The maximum atomic E-state index is 2.53. The van der Waals surface area contributed by atoms with E-state index in [1.54, 1.807) is 0 Å². The van der Waals surface area contributed by atoms with E-state index in [0.29, 0.717) is 5.41 Å². The molecule has 4 atom stereocenters. The molecular weight excluding hydrogens is 240 g/mol. The van der Waals surface area contributed by atoms with Crippen molar-refractivity contribution < 1.29 is 0 Å². The number of hydrogen-bond donors (Lipinski definition) is 0. The van der Waals surface area contributed by atoms with E-state index in [-0.39, 0.29) is 0 Å². The van der Waals surface area contributed by atoms with Crippen molar-refractivity contribution in [2.24, 2.45) is 35.0 Å². The van der Waals surface area contributed by atoms with Crippen LogP contribution in [0.4, 0.5) is 0 Å². The molecule has 0 aromatic carbocycles. The molecule has 0 radical (unpaired) electrons. The molecule has 1 saturated carbocycles. The SMILES string of the molecule is CC.CC(C)CCCC(C)C1CCC(C)(C(C)C)C1C. The van der Waals surface area contributed by atoms with Gasteiger partial charge in [0, 0.05) is 0 Å². The molecule has 0 aromatic heterocycles. The normalized spacial score (nSPS) is 31.4. The largest absolute Gasteiger partial charge is 0.0683 e. The summed E-state index contributed by atoms with van der Waals surface area (Å²) < 4.78 is 0. The molecule has 1 aliphatic carbocycles. The monoisotopic (exact) mass is 282 g/mol. The van der Waals surface area contributed by atoms with Crippen LogP contribution in [0.2, 0.25) is 0 Å². The Morgan fingerprint density at radius 1 is 1.00 bits per heavy atom. The molecule has 0 nitrogen and oxygen atoms in total. The summed E-state index contributed by atoms with van der Waals surface area (Å²) in [6.07, 6.45) is 7.21. The minimum absolute atomic E-state index is 0.594. The molecular formula is C20H42. The molecule has 0 aliphatic heterocycles. The van der Waals surface area contributed by atoms with Crippen LogP contribution in [0.3, 0.4) is 0 Å². The Morgan fingerprint density at radius 3 is 1.95 bits per heavy atom. The average molecular weight is 283 g/mol. The van der Waals surface area contributed by atoms with Gasteiger partial charge in [-0.25, -0.2) is 0 Å². The molecule has 0 amide bonds. The van der Waals surface area contributed by atoms with Gasteiger partial charge < -0.3 is 0 Å². The fraction of sp³-hybridized carbons (Fsp3) is 1.00. The van der Waals surface area contributed by atoms with Crippen LogP contribution in [0.25, 0.3) is 0 Å². The molecule has 0 N–H and O–H groups in total. The molecule has 0 saturated heterocycles. The summed E-state index contributed by atoms with van der Waals surface area (Å²) in [5.41, 5.74) is 0.594. The molecule has 0 heteroatoms. The van der Waals surface area contributed by atoms with E-state index in [1.165, 1.54) is 32.1 Å². The van der Waals surface area contributed by atoms with E-state index in [0.717, 1.165) is 29.6 Å². The lowest BCUT2D eigenvalue weighted by Crippen LogP contribution is -2.30. The van der Waals surface area contributed by atoms with Crippen LogP contribution in [0.1, 0.15) is 94.4 Å². The summed E-state index contributed by atoms with van der Waals surface area (Å²) in [7, 11) is 0. The maximum Gasteiger partial charge on any atom is -0.0274 e. The predicted molar refractivity (Wildman–Crippen MR) is 94.0 cm³/mol. The minimum atomic E-state index is 0.594. The van der Waals surface area contributed by atoms with Gasteiger partial charge in [-0.3, -0.25) is 0 Å². The fourth-order valence-corrected chi connectivity index (χ4v) is 4.10. The summed E-state index contributed by atoms with van der Waals surface area (Å²) in [6.45, 7) is 21.1. The van der Waals surface area contributed by atoms with Crippen LogP contribution >= 0.6 is 0 Å². The molecule has 1 aliphatic rings. The molecule has 1 fully saturated rings. The third-order valence-electron chi connectivity index (χ3n) is 6.19. The Bertz CT molecular complexity index is 240. The van der Waals surface area contributed by atoms with Crippen molar-refractivity contribution in [3.8, 4) is 0 Å². The van der Waals surface area contributed by atoms with Crippen molar-refractivity contribution >= 4 is 0 Å². The number of hydrogen-bond acceptors (Lipinski definition) is 0. The first-order valence-corrected chi connectivity index (χ1v) is 9.29. The molecule has 0 aromatic rings. The second kappa shape index (κ2) is 9.11. The summed E-state index contributed by atoms with van der Waals surface area (Å²) in [4.78, 5) is 0. The zero-order valence-corrected chi connectivity index (χ0v) is 15.9. The minimum Gasteiger partial charge on any atom is -0.0683 e. The molecule has 1 rings (SSSR count). The summed E-state index contributed by atoms with van der Waals surface area (Å²) in [6, 6.07) is 0. The lowest BCUT2D eigenvalue weighted by Gasteiger charge is -2.37. The van der Waals surface area contributed by atoms with Gasteiger partial charge in [-0.05, 0) is 47.8 Å². The topological polar surface area (TPSA) is 0 Å². The van der Waals surface area contributed by atoms with Crippen LogP contribution in [-0.4, -0.2) is 0 Å². The summed E-state index contributed by atoms with van der Waals surface area (Å²) >= 11 is 0. The van der Waals surface area contributed by atoms with Gasteiger partial charge in [-0.15, -0.1) is 0 Å². The average Bonchev–Trinajstić information content (AvgIpc) is 2.69. The Labute approximate surface area is 130 Å². The van der Waals surface area contributed by atoms with Crippen molar-refractivity contribution in [2.45, 2.75) is 94.4 Å². The van der Waals surface area contributed by atoms with Crippen LogP contribution in [0.15, 0.2) is 0 Å². The van der Waals surface area contributed by atoms with Gasteiger partial charge in [0.2, 0.25) is 0 Å². The van der Waals surface area contributed by atoms with Crippen molar-refractivity contribution in [3.63, 3.8) is 0 Å². The van der Waals surface area contributed by atoms with Gasteiger partial charge in [0.15, 0.2) is 0 Å². The smallest absolute Gasteiger partial charge is 0.0274 e. The maximum absolute atomic E-state index is 2.53. The summed E-state index contributed by atoms with van der Waals surface area (Å²) in [5, 5.41) is 0. The Balaban J connectivity index is 0.00000172. The van der Waals surface area contributed by atoms with Gasteiger partial charge in [0.25, 0.3) is 0 Å². The summed E-state index contributed by atoms with van der Waals surface area (Å²) in [5.74, 6) is 4.52. The second-order valence-corrected chi connectivity index (χ2v) is 7.95. The second-order valence-electron chi connectivity index (χ2n) is 7.95.